The van der Waals surface area contributed by atoms with Crippen LogP contribution in [0.1, 0.15) is 22.8 Å². The first-order chi connectivity index (χ1) is 6.69. The molecule has 1 N–H and O–H groups in total. The molecule has 0 aromatic heterocycles. The zero-order chi connectivity index (χ0) is 10.6. The van der Waals surface area contributed by atoms with Crippen molar-refractivity contribution in [2.24, 2.45) is 0 Å². The second kappa shape index (κ2) is 4.45. The van der Waals surface area contributed by atoms with Gasteiger partial charge in [0.1, 0.15) is 0 Å². The maximum absolute atomic E-state index is 11.4. The second-order valence-electron chi connectivity index (χ2n) is 2.74. The van der Waals surface area contributed by atoms with Crippen molar-refractivity contribution in [2.45, 2.75) is 6.92 Å². The molecule has 1 aromatic carbocycles. The van der Waals surface area contributed by atoms with E-state index in [-0.39, 0.29) is 6.54 Å². The van der Waals surface area contributed by atoms with E-state index in [9.17, 15) is 4.79 Å². The molecule has 0 unspecified atom stereocenters. The quantitative estimate of drug-likeness (QED) is 0.435. The highest BCUT2D eigenvalue weighted by molar-refractivity contribution is 5.93. The molecule has 14 heavy (non-hydrogen) atoms. The first kappa shape index (κ1) is 10.3. The van der Waals surface area contributed by atoms with Crippen molar-refractivity contribution in [3.8, 4) is 12.3 Å². The van der Waals surface area contributed by atoms with Crippen LogP contribution in [0.15, 0.2) is 24.3 Å². The Morgan fingerprint density at radius 2 is 2.07 bits per heavy atom. The molecular weight excluding hydrogens is 178 g/mol. The molecule has 0 aliphatic heterocycles. The summed E-state index contributed by atoms with van der Waals surface area (Å²) in [6.07, 6.45) is 5.17. The van der Waals surface area contributed by atoms with Crippen LogP contribution in [-0.2, 0) is 0 Å². The van der Waals surface area contributed by atoms with E-state index in [4.69, 9.17) is 11.6 Å². The number of hydrogen-bond acceptors (Lipinski definition) is 2. The zero-order valence-corrected chi connectivity index (χ0v) is 7.90. The molecule has 0 aliphatic rings. The number of terminal acetylenes is 1. The van der Waals surface area contributed by atoms with Crippen LogP contribution < -0.4 is 0 Å². The average molecular weight is 189 g/mol. The molecule has 72 valence electrons. The normalized spacial score (nSPS) is 9.21. The molecule has 0 radical (unpaired) electrons. The van der Waals surface area contributed by atoms with Gasteiger partial charge in [-0.1, -0.05) is 5.92 Å². The minimum absolute atomic E-state index is 0.260. The summed E-state index contributed by atoms with van der Waals surface area (Å²) in [6, 6.07) is 6.51. The molecule has 3 nitrogen and oxygen atoms in total. The smallest absolute Gasteiger partial charge is 0.277 e. The molecule has 0 saturated carbocycles. The van der Waals surface area contributed by atoms with Crippen molar-refractivity contribution in [1.29, 1.82) is 0 Å². The summed E-state index contributed by atoms with van der Waals surface area (Å²) in [4.78, 5) is 11.4. The molecule has 0 bridgehead atoms. The Morgan fingerprint density at radius 1 is 1.50 bits per heavy atom. The van der Waals surface area contributed by atoms with Gasteiger partial charge < -0.3 is 0 Å². The van der Waals surface area contributed by atoms with Gasteiger partial charge in [0.2, 0.25) is 0 Å². The van der Waals surface area contributed by atoms with Crippen LogP contribution in [0.4, 0.5) is 0 Å². The highest BCUT2D eigenvalue weighted by atomic mass is 16.5. The summed E-state index contributed by atoms with van der Waals surface area (Å²) in [5.74, 6) is 2.03. The van der Waals surface area contributed by atoms with Crippen LogP contribution in [0.25, 0.3) is 0 Å². The van der Waals surface area contributed by atoms with E-state index in [0.29, 0.717) is 16.2 Å². The average Bonchev–Trinajstić information content (AvgIpc) is 2.27. The van der Waals surface area contributed by atoms with E-state index in [1.54, 1.807) is 31.2 Å². The lowest BCUT2D eigenvalue weighted by Gasteiger charge is -2.11. The van der Waals surface area contributed by atoms with Gasteiger partial charge in [-0.05, 0) is 31.2 Å². The molecule has 0 fully saturated rings. The molecule has 3 heteroatoms. The maximum Gasteiger partial charge on any atom is 0.277 e. The topological polar surface area (TPSA) is 40.5 Å². The van der Waals surface area contributed by atoms with Gasteiger partial charge in [-0.2, -0.15) is 0 Å². The van der Waals surface area contributed by atoms with Crippen molar-refractivity contribution >= 4 is 5.91 Å². The fraction of sp³-hybridized carbons (Fsp3) is 0.182. The Bertz CT molecular complexity index is 362. The Hall–Kier alpha value is -1.79. The van der Waals surface area contributed by atoms with E-state index in [0.717, 1.165) is 0 Å². The van der Waals surface area contributed by atoms with E-state index in [2.05, 4.69) is 5.92 Å². The van der Waals surface area contributed by atoms with Gasteiger partial charge in [0.25, 0.3) is 5.91 Å². The Morgan fingerprint density at radius 3 is 2.50 bits per heavy atom. The van der Waals surface area contributed by atoms with Crippen molar-refractivity contribution in [3.63, 3.8) is 0 Å². The molecule has 0 spiro atoms. The summed E-state index contributed by atoms with van der Waals surface area (Å²) in [7, 11) is 0. The minimum atomic E-state index is -0.420. The number of amides is 1. The van der Waals surface area contributed by atoms with Gasteiger partial charge in [0.15, 0.2) is 0 Å². The SMILES string of the molecule is C#Cc1ccc(C(=O)N(O)CC)cc1. The maximum atomic E-state index is 11.4. The van der Waals surface area contributed by atoms with Crippen LogP contribution in [0, 0.1) is 12.3 Å². The number of benzene rings is 1. The van der Waals surface area contributed by atoms with E-state index < -0.39 is 5.91 Å². The van der Waals surface area contributed by atoms with Gasteiger partial charge in [0, 0.05) is 17.7 Å². The lowest BCUT2D eigenvalue weighted by atomic mass is 10.1. The van der Waals surface area contributed by atoms with Crippen molar-refractivity contribution in [3.05, 3.63) is 35.4 Å². The highest BCUT2D eigenvalue weighted by Gasteiger charge is 2.10. The molecule has 0 atom stereocenters. The van der Waals surface area contributed by atoms with Gasteiger partial charge in [-0.15, -0.1) is 6.42 Å². The first-order valence-electron chi connectivity index (χ1n) is 4.26. The number of nitrogens with zero attached hydrogens (tertiary/aromatic N) is 1. The van der Waals surface area contributed by atoms with Crippen LogP contribution in [0.2, 0.25) is 0 Å². The Labute approximate surface area is 82.9 Å². The number of rotatable bonds is 2. The van der Waals surface area contributed by atoms with Gasteiger partial charge in [-0.3, -0.25) is 10.0 Å². The van der Waals surface area contributed by atoms with Gasteiger partial charge >= 0.3 is 0 Å². The van der Waals surface area contributed by atoms with E-state index in [1.807, 2.05) is 0 Å². The predicted octanol–water partition coefficient (Wildman–Crippen LogP) is 1.52. The van der Waals surface area contributed by atoms with Crippen molar-refractivity contribution in [1.82, 2.24) is 5.06 Å². The summed E-state index contributed by atoms with van der Waals surface area (Å²) in [5.41, 5.74) is 1.14. The summed E-state index contributed by atoms with van der Waals surface area (Å²) in [5, 5.41) is 9.81. The Kier molecular flexibility index (Phi) is 3.27. The van der Waals surface area contributed by atoms with Crippen LogP contribution >= 0.6 is 0 Å². The van der Waals surface area contributed by atoms with Crippen LogP contribution in [0.3, 0.4) is 0 Å². The molecule has 0 heterocycles. The largest absolute Gasteiger partial charge is 0.286 e. The molecule has 1 amide bonds. The predicted molar refractivity (Wildman–Crippen MR) is 52.9 cm³/mol. The monoisotopic (exact) mass is 189 g/mol. The zero-order valence-electron chi connectivity index (χ0n) is 7.90. The number of hydroxylamine groups is 2. The number of carbonyl (C=O) groups is 1. The third-order valence-corrected chi connectivity index (χ3v) is 1.83. The third kappa shape index (κ3) is 2.12. The third-order valence-electron chi connectivity index (χ3n) is 1.83. The summed E-state index contributed by atoms with van der Waals surface area (Å²) in [6.45, 7) is 1.95. The number of carbonyl (C=O) groups excluding carboxylic acids is 1. The van der Waals surface area contributed by atoms with E-state index >= 15 is 0 Å². The van der Waals surface area contributed by atoms with Gasteiger partial charge in [-0.25, -0.2) is 5.06 Å². The number of hydrogen-bond donors (Lipinski definition) is 1. The molecule has 0 aliphatic carbocycles. The van der Waals surface area contributed by atoms with Gasteiger partial charge in [0.05, 0.1) is 0 Å². The lowest BCUT2D eigenvalue weighted by molar-refractivity contribution is -0.0541. The molecule has 1 aromatic rings. The second-order valence-corrected chi connectivity index (χ2v) is 2.74. The van der Waals surface area contributed by atoms with E-state index in [1.165, 1.54) is 0 Å². The standard InChI is InChI=1S/C11H11NO2/c1-3-9-5-7-10(8-6-9)11(13)12(14)4-2/h1,5-8,14H,4H2,2H3. The highest BCUT2D eigenvalue weighted by Crippen LogP contribution is 2.05. The molecule has 0 saturated heterocycles. The van der Waals surface area contributed by atoms with Crippen molar-refractivity contribution < 1.29 is 10.0 Å². The first-order valence-corrected chi connectivity index (χ1v) is 4.26. The molecular formula is C11H11NO2. The Balaban J connectivity index is 2.88. The molecule has 1 rings (SSSR count). The van der Waals surface area contributed by atoms with Crippen molar-refractivity contribution in [2.75, 3.05) is 6.54 Å². The van der Waals surface area contributed by atoms with Crippen LogP contribution in [-0.4, -0.2) is 22.7 Å². The fourth-order valence-electron chi connectivity index (χ4n) is 1.00. The summed E-state index contributed by atoms with van der Waals surface area (Å²) < 4.78 is 0. The minimum Gasteiger partial charge on any atom is -0.286 e. The summed E-state index contributed by atoms with van der Waals surface area (Å²) >= 11 is 0. The fourth-order valence-corrected chi connectivity index (χ4v) is 1.00. The lowest BCUT2D eigenvalue weighted by Crippen LogP contribution is -2.26. The van der Waals surface area contributed by atoms with Crippen LogP contribution in [0.5, 0.6) is 0 Å².